The van der Waals surface area contributed by atoms with Crippen LogP contribution in [-0.4, -0.2) is 76.4 Å². The number of rotatable bonds is 6. The third kappa shape index (κ3) is 6.19. The Morgan fingerprint density at radius 1 is 1.05 bits per heavy atom. The molecule has 0 unspecified atom stereocenters. The SMILES string of the molecule is Cc1cc(COC(=O)N2C[C@H](NC(=O)CN)C(=O)N3[C@@H]2CN(Cc2ccccc2)C(=O)[C@@H]3C)cc(C(F)(F)F)c1. The van der Waals surface area contributed by atoms with E-state index in [1.165, 1.54) is 34.6 Å². The van der Waals surface area contributed by atoms with Gasteiger partial charge in [-0.2, -0.15) is 13.2 Å². The molecule has 0 spiro atoms. The Bertz CT molecular complexity index is 1290. The average Bonchev–Trinajstić information content (AvgIpc) is 2.91. The van der Waals surface area contributed by atoms with Crippen LogP contribution in [0.4, 0.5) is 18.0 Å². The number of aryl methyl sites for hydroxylation is 1. The van der Waals surface area contributed by atoms with Crippen molar-refractivity contribution in [3.05, 3.63) is 70.8 Å². The van der Waals surface area contributed by atoms with E-state index in [9.17, 15) is 32.3 Å². The number of nitrogens with two attached hydrogens (primary N) is 1. The lowest BCUT2D eigenvalue weighted by Crippen LogP contribution is -2.75. The Balaban J connectivity index is 1.59. The summed E-state index contributed by atoms with van der Waals surface area (Å²) in [5.41, 5.74) is 5.85. The maximum Gasteiger partial charge on any atom is 0.416 e. The van der Waals surface area contributed by atoms with Crippen molar-refractivity contribution < 1.29 is 37.1 Å². The molecule has 2 aromatic rings. The summed E-state index contributed by atoms with van der Waals surface area (Å²) in [5.74, 6) is -1.53. The molecule has 10 nitrogen and oxygen atoms in total. The summed E-state index contributed by atoms with van der Waals surface area (Å²) in [6.45, 7) is 2.12. The monoisotopic (exact) mass is 561 g/mol. The summed E-state index contributed by atoms with van der Waals surface area (Å²) >= 11 is 0. The van der Waals surface area contributed by atoms with Crippen molar-refractivity contribution in [2.75, 3.05) is 19.6 Å². The van der Waals surface area contributed by atoms with Gasteiger partial charge < -0.3 is 25.6 Å². The van der Waals surface area contributed by atoms with Crippen molar-refractivity contribution in [3.8, 4) is 0 Å². The van der Waals surface area contributed by atoms with Gasteiger partial charge >= 0.3 is 12.3 Å². The maximum absolute atomic E-state index is 13.4. The Kier molecular flexibility index (Phi) is 8.33. The van der Waals surface area contributed by atoms with Crippen molar-refractivity contribution in [2.24, 2.45) is 5.73 Å². The normalized spacial score (nSPS) is 21.2. The Hall–Kier alpha value is -4.13. The number of hydrogen-bond donors (Lipinski definition) is 2. The molecule has 13 heteroatoms. The zero-order valence-electron chi connectivity index (χ0n) is 22.0. The quantitative estimate of drug-likeness (QED) is 0.556. The van der Waals surface area contributed by atoms with Crippen LogP contribution in [0.1, 0.15) is 29.2 Å². The van der Waals surface area contributed by atoms with E-state index in [0.717, 1.165) is 17.7 Å². The van der Waals surface area contributed by atoms with Crippen LogP contribution < -0.4 is 11.1 Å². The van der Waals surface area contributed by atoms with Gasteiger partial charge in [-0.15, -0.1) is 0 Å². The molecule has 0 aromatic heterocycles. The van der Waals surface area contributed by atoms with E-state index in [2.05, 4.69) is 5.32 Å². The number of fused-ring (bicyclic) bond motifs is 1. The van der Waals surface area contributed by atoms with Crippen LogP contribution in [0.15, 0.2) is 48.5 Å². The molecule has 4 rings (SSSR count). The minimum atomic E-state index is -4.57. The van der Waals surface area contributed by atoms with Gasteiger partial charge in [-0.3, -0.25) is 19.3 Å². The largest absolute Gasteiger partial charge is 0.444 e. The van der Waals surface area contributed by atoms with Gasteiger partial charge in [0.1, 0.15) is 24.9 Å². The van der Waals surface area contributed by atoms with E-state index in [1.807, 2.05) is 30.3 Å². The first kappa shape index (κ1) is 28.9. The molecule has 214 valence electrons. The highest BCUT2D eigenvalue weighted by atomic mass is 19.4. The molecule has 2 heterocycles. The third-order valence-electron chi connectivity index (χ3n) is 6.88. The van der Waals surface area contributed by atoms with Crippen molar-refractivity contribution in [2.45, 2.75) is 51.4 Å². The van der Waals surface area contributed by atoms with Crippen LogP contribution in [0, 0.1) is 6.92 Å². The minimum absolute atomic E-state index is 0.0286. The van der Waals surface area contributed by atoms with E-state index in [-0.39, 0.29) is 31.1 Å². The van der Waals surface area contributed by atoms with Crippen LogP contribution in [0.5, 0.6) is 0 Å². The lowest BCUT2D eigenvalue weighted by molar-refractivity contribution is -0.170. The van der Waals surface area contributed by atoms with Crippen molar-refractivity contribution in [1.82, 2.24) is 20.0 Å². The van der Waals surface area contributed by atoms with Gasteiger partial charge in [0.2, 0.25) is 17.7 Å². The molecule has 2 aromatic carbocycles. The highest BCUT2D eigenvalue weighted by Crippen LogP contribution is 2.31. The standard InChI is InChI=1S/C27H30F3N5O5/c1-16-8-19(10-20(9-16)27(28,29)30)15-40-26(39)34-13-21(32-22(36)11-31)25(38)35-17(2)24(37)33(14-23(34)35)12-18-6-4-3-5-7-18/h3-10,17,21,23H,11-15,31H2,1-2H3,(H,32,36)/t17-,21-,23+/m0/s1. The second-order valence-electron chi connectivity index (χ2n) is 9.84. The molecule has 2 saturated heterocycles. The van der Waals surface area contributed by atoms with Gasteiger partial charge in [-0.1, -0.05) is 42.0 Å². The molecule has 0 bridgehead atoms. The summed E-state index contributed by atoms with van der Waals surface area (Å²) < 4.78 is 45.2. The predicted molar refractivity (Wildman–Crippen MR) is 136 cm³/mol. The first-order chi connectivity index (χ1) is 18.9. The number of carbonyl (C=O) groups is 4. The fourth-order valence-corrected chi connectivity index (χ4v) is 5.02. The molecule has 0 saturated carbocycles. The zero-order valence-corrected chi connectivity index (χ0v) is 22.0. The molecule has 2 aliphatic heterocycles. The lowest BCUT2D eigenvalue weighted by atomic mass is 10.0. The van der Waals surface area contributed by atoms with Crippen LogP contribution in [0.3, 0.4) is 0 Å². The Morgan fingerprint density at radius 3 is 2.40 bits per heavy atom. The number of benzene rings is 2. The smallest absolute Gasteiger partial charge is 0.416 e. The van der Waals surface area contributed by atoms with E-state index in [0.29, 0.717) is 5.56 Å². The number of nitrogens with zero attached hydrogens (tertiary/aromatic N) is 3. The summed E-state index contributed by atoms with van der Waals surface area (Å²) in [6.07, 6.45) is -6.41. The van der Waals surface area contributed by atoms with Gasteiger partial charge in [0, 0.05) is 6.54 Å². The molecule has 3 N–H and O–H groups in total. The van der Waals surface area contributed by atoms with Crippen LogP contribution >= 0.6 is 0 Å². The highest BCUT2D eigenvalue weighted by Gasteiger charge is 2.51. The number of halogens is 3. The number of piperazine rings is 1. The molecule has 0 aliphatic carbocycles. The summed E-state index contributed by atoms with van der Waals surface area (Å²) in [7, 11) is 0. The second-order valence-corrected chi connectivity index (χ2v) is 9.84. The Morgan fingerprint density at radius 2 is 1.75 bits per heavy atom. The number of carbonyl (C=O) groups excluding carboxylic acids is 4. The number of amides is 4. The van der Waals surface area contributed by atoms with Crippen LogP contribution in [0.2, 0.25) is 0 Å². The molecule has 4 amide bonds. The fraction of sp³-hybridized carbons (Fsp3) is 0.407. The van der Waals surface area contributed by atoms with Crippen molar-refractivity contribution in [3.63, 3.8) is 0 Å². The molecule has 40 heavy (non-hydrogen) atoms. The summed E-state index contributed by atoms with van der Waals surface area (Å²) in [5, 5.41) is 2.47. The molecule has 2 fully saturated rings. The number of hydrogen-bond acceptors (Lipinski definition) is 6. The van der Waals surface area contributed by atoms with Gasteiger partial charge in [0.15, 0.2) is 0 Å². The molecule has 2 aliphatic rings. The van der Waals surface area contributed by atoms with Crippen molar-refractivity contribution >= 4 is 23.8 Å². The summed E-state index contributed by atoms with van der Waals surface area (Å²) in [6, 6.07) is 10.4. The Labute approximate surface area is 228 Å². The van der Waals surface area contributed by atoms with Crippen LogP contribution in [-0.2, 0) is 38.4 Å². The average molecular weight is 562 g/mol. The van der Waals surface area contributed by atoms with Crippen molar-refractivity contribution in [1.29, 1.82) is 0 Å². The van der Waals surface area contributed by atoms with Gasteiger partial charge in [-0.25, -0.2) is 4.79 Å². The van der Waals surface area contributed by atoms with Gasteiger partial charge in [-0.05, 0) is 37.1 Å². The zero-order chi connectivity index (χ0) is 29.2. The number of alkyl halides is 3. The van der Waals surface area contributed by atoms with E-state index >= 15 is 0 Å². The first-order valence-electron chi connectivity index (χ1n) is 12.6. The number of ether oxygens (including phenoxy) is 1. The van der Waals surface area contributed by atoms with E-state index in [1.54, 1.807) is 0 Å². The lowest BCUT2D eigenvalue weighted by Gasteiger charge is -2.52. The van der Waals surface area contributed by atoms with E-state index < -0.39 is 61.0 Å². The molecular formula is C27H30F3N5O5. The van der Waals surface area contributed by atoms with E-state index in [4.69, 9.17) is 10.5 Å². The fourth-order valence-electron chi connectivity index (χ4n) is 5.02. The van der Waals surface area contributed by atoms with Gasteiger partial charge in [0.25, 0.3) is 0 Å². The molecular weight excluding hydrogens is 531 g/mol. The first-order valence-corrected chi connectivity index (χ1v) is 12.6. The van der Waals surface area contributed by atoms with Gasteiger partial charge in [0.05, 0.1) is 25.2 Å². The maximum atomic E-state index is 13.4. The topological polar surface area (TPSA) is 125 Å². The highest BCUT2D eigenvalue weighted by molar-refractivity contribution is 5.95. The number of nitrogens with one attached hydrogen (secondary N) is 1. The second kappa shape index (κ2) is 11.5. The third-order valence-corrected chi connectivity index (χ3v) is 6.88. The predicted octanol–water partition coefficient (Wildman–Crippen LogP) is 2.00. The molecule has 0 radical (unpaired) electrons. The minimum Gasteiger partial charge on any atom is -0.444 e. The molecule has 3 atom stereocenters. The van der Waals surface area contributed by atoms with Crippen LogP contribution in [0.25, 0.3) is 0 Å². The summed E-state index contributed by atoms with van der Waals surface area (Å²) in [4.78, 5) is 56.0.